The summed E-state index contributed by atoms with van der Waals surface area (Å²) in [6.07, 6.45) is 0. The number of rotatable bonds is 5. The molecule has 0 aliphatic carbocycles. The molecule has 0 amide bonds. The predicted molar refractivity (Wildman–Crippen MR) is 240 cm³/mol. The first-order chi connectivity index (χ1) is 28.3. The summed E-state index contributed by atoms with van der Waals surface area (Å²) >= 11 is 0. The molecule has 0 radical (unpaired) electrons. The summed E-state index contributed by atoms with van der Waals surface area (Å²) in [5.74, 6) is 0. The van der Waals surface area contributed by atoms with Gasteiger partial charge in [0.2, 0.25) is 0 Å². The van der Waals surface area contributed by atoms with Crippen molar-refractivity contribution in [3.05, 3.63) is 212 Å². The number of para-hydroxylation sites is 5. The number of aromatic nitrogens is 3. The Balaban J connectivity index is 1.11. The second-order valence-corrected chi connectivity index (χ2v) is 14.9. The van der Waals surface area contributed by atoms with Crippen molar-refractivity contribution in [1.82, 2.24) is 13.7 Å². The van der Waals surface area contributed by atoms with E-state index in [1.54, 1.807) is 0 Å². The van der Waals surface area contributed by atoms with Gasteiger partial charge < -0.3 is 13.7 Å². The lowest BCUT2D eigenvalue weighted by atomic mass is 10.00. The normalized spacial score (nSPS) is 11.9. The van der Waals surface area contributed by atoms with E-state index < -0.39 is 0 Å². The maximum absolute atomic E-state index is 2.49. The standard InChI is InChI=1S/C54H35N3/c1-2-14-36(15-3-1)37-28-30-38(31-29-37)39-16-12-17-40(34-39)56-50-25-10-7-21-45(50)47-22-13-27-52(54(47)56)57-51-26-11-6-20-44(51)46-33-32-41(35-53(46)57)55-48-23-8-4-18-42(48)43-19-5-9-24-49(43)55/h1-35H. The van der Waals surface area contributed by atoms with E-state index in [1.165, 1.54) is 87.7 Å². The first-order valence-electron chi connectivity index (χ1n) is 19.6. The SMILES string of the molecule is c1ccc(-c2ccc(-c3cccc(-n4c5ccccc5c5cccc(-n6c7ccccc7c7ccc(-n8c9ccccc9c9ccccc98)cc76)c54)c3)cc2)cc1. The Morgan fingerprint density at radius 3 is 1.32 bits per heavy atom. The molecule has 0 bridgehead atoms. The molecule has 12 rings (SSSR count). The maximum atomic E-state index is 2.49. The molecule has 0 spiro atoms. The van der Waals surface area contributed by atoms with Crippen molar-refractivity contribution in [2.45, 2.75) is 0 Å². The zero-order valence-corrected chi connectivity index (χ0v) is 31.0. The summed E-state index contributed by atoms with van der Waals surface area (Å²) in [6.45, 7) is 0. The third kappa shape index (κ3) is 4.79. The highest BCUT2D eigenvalue weighted by atomic mass is 15.1. The van der Waals surface area contributed by atoms with E-state index in [9.17, 15) is 0 Å². The van der Waals surface area contributed by atoms with Gasteiger partial charge in [0.25, 0.3) is 0 Å². The van der Waals surface area contributed by atoms with E-state index >= 15 is 0 Å². The average Bonchev–Trinajstić information content (AvgIpc) is 3.92. The Morgan fingerprint density at radius 1 is 0.228 bits per heavy atom. The molecule has 3 heteroatoms. The van der Waals surface area contributed by atoms with Gasteiger partial charge in [-0.2, -0.15) is 0 Å². The minimum absolute atomic E-state index is 1.13. The molecular weight excluding hydrogens is 691 g/mol. The van der Waals surface area contributed by atoms with Gasteiger partial charge in [-0.05, 0) is 76.9 Å². The van der Waals surface area contributed by atoms with Gasteiger partial charge in [0.15, 0.2) is 0 Å². The van der Waals surface area contributed by atoms with Gasteiger partial charge in [0.1, 0.15) is 0 Å². The van der Waals surface area contributed by atoms with Crippen LogP contribution in [0.1, 0.15) is 0 Å². The fourth-order valence-electron chi connectivity index (χ4n) is 9.32. The van der Waals surface area contributed by atoms with Crippen LogP contribution in [-0.4, -0.2) is 13.7 Å². The van der Waals surface area contributed by atoms with Gasteiger partial charge in [-0.3, -0.25) is 0 Å². The van der Waals surface area contributed by atoms with E-state index in [0.717, 1.165) is 17.1 Å². The third-order valence-electron chi connectivity index (χ3n) is 11.8. The van der Waals surface area contributed by atoms with Crippen LogP contribution in [0.2, 0.25) is 0 Å². The molecule has 3 nitrogen and oxygen atoms in total. The fraction of sp³-hybridized carbons (Fsp3) is 0. The topological polar surface area (TPSA) is 14.8 Å². The molecule has 3 aromatic heterocycles. The molecule has 0 aliphatic rings. The van der Waals surface area contributed by atoms with Gasteiger partial charge in [0.05, 0.1) is 38.8 Å². The van der Waals surface area contributed by atoms with Crippen molar-refractivity contribution < 1.29 is 0 Å². The first-order valence-corrected chi connectivity index (χ1v) is 19.6. The Labute approximate surface area is 329 Å². The highest BCUT2D eigenvalue weighted by Crippen LogP contribution is 2.41. The van der Waals surface area contributed by atoms with Crippen molar-refractivity contribution in [3.63, 3.8) is 0 Å². The van der Waals surface area contributed by atoms with Crippen molar-refractivity contribution in [1.29, 1.82) is 0 Å². The third-order valence-corrected chi connectivity index (χ3v) is 11.8. The quantitative estimate of drug-likeness (QED) is 0.168. The monoisotopic (exact) mass is 725 g/mol. The molecular formula is C54H35N3. The number of benzene rings is 9. The average molecular weight is 726 g/mol. The van der Waals surface area contributed by atoms with Crippen molar-refractivity contribution in [2.75, 3.05) is 0 Å². The second kappa shape index (κ2) is 12.5. The van der Waals surface area contributed by atoms with Crippen LogP contribution < -0.4 is 0 Å². The maximum Gasteiger partial charge on any atom is 0.0782 e. The smallest absolute Gasteiger partial charge is 0.0782 e. The summed E-state index contributed by atoms with van der Waals surface area (Å²) in [5.41, 5.74) is 15.4. The summed E-state index contributed by atoms with van der Waals surface area (Å²) < 4.78 is 7.38. The van der Waals surface area contributed by atoms with Crippen LogP contribution in [-0.2, 0) is 0 Å². The van der Waals surface area contributed by atoms with E-state index in [0.29, 0.717) is 0 Å². The fourth-order valence-corrected chi connectivity index (χ4v) is 9.32. The lowest BCUT2D eigenvalue weighted by Gasteiger charge is -2.16. The number of nitrogens with zero attached hydrogens (tertiary/aromatic N) is 3. The summed E-state index contributed by atoms with van der Waals surface area (Å²) in [4.78, 5) is 0. The second-order valence-electron chi connectivity index (χ2n) is 14.9. The molecule has 0 fully saturated rings. The summed E-state index contributed by atoms with van der Waals surface area (Å²) in [7, 11) is 0. The lowest BCUT2D eigenvalue weighted by Crippen LogP contribution is -2.01. The molecule has 9 aromatic carbocycles. The van der Waals surface area contributed by atoms with Crippen LogP contribution in [0.15, 0.2) is 212 Å². The van der Waals surface area contributed by atoms with Crippen LogP contribution in [0, 0.1) is 0 Å². The number of hydrogen-bond acceptors (Lipinski definition) is 0. The van der Waals surface area contributed by atoms with Gasteiger partial charge in [0, 0.05) is 43.7 Å². The number of hydrogen-bond donors (Lipinski definition) is 0. The van der Waals surface area contributed by atoms with Crippen LogP contribution in [0.5, 0.6) is 0 Å². The minimum atomic E-state index is 1.13. The Kier molecular flexibility index (Phi) is 6.93. The molecule has 0 saturated carbocycles. The van der Waals surface area contributed by atoms with Crippen LogP contribution in [0.4, 0.5) is 0 Å². The Hall–Kier alpha value is -7.62. The highest BCUT2D eigenvalue weighted by molar-refractivity contribution is 6.16. The minimum Gasteiger partial charge on any atom is -0.309 e. The summed E-state index contributed by atoms with van der Waals surface area (Å²) in [6, 6.07) is 77.5. The molecule has 12 aromatic rings. The zero-order valence-electron chi connectivity index (χ0n) is 31.0. The predicted octanol–water partition coefficient (Wildman–Crippen LogP) is 14.3. The first kappa shape index (κ1) is 31.7. The molecule has 0 N–H and O–H groups in total. The molecule has 57 heavy (non-hydrogen) atoms. The van der Waals surface area contributed by atoms with Gasteiger partial charge in [-0.15, -0.1) is 0 Å². The van der Waals surface area contributed by atoms with Crippen LogP contribution in [0.25, 0.3) is 105 Å². The van der Waals surface area contributed by atoms with E-state index in [2.05, 4.69) is 226 Å². The van der Waals surface area contributed by atoms with Crippen molar-refractivity contribution in [2.24, 2.45) is 0 Å². The molecule has 266 valence electrons. The zero-order chi connectivity index (χ0) is 37.5. The molecule has 0 aliphatic heterocycles. The molecule has 0 atom stereocenters. The van der Waals surface area contributed by atoms with E-state index in [4.69, 9.17) is 0 Å². The lowest BCUT2D eigenvalue weighted by molar-refractivity contribution is 1.12. The van der Waals surface area contributed by atoms with Gasteiger partial charge >= 0.3 is 0 Å². The van der Waals surface area contributed by atoms with Crippen molar-refractivity contribution in [3.8, 4) is 39.3 Å². The Morgan fingerprint density at radius 2 is 0.667 bits per heavy atom. The highest BCUT2D eigenvalue weighted by Gasteiger charge is 2.21. The van der Waals surface area contributed by atoms with Crippen LogP contribution >= 0.6 is 0 Å². The van der Waals surface area contributed by atoms with Gasteiger partial charge in [-0.1, -0.05) is 158 Å². The van der Waals surface area contributed by atoms with E-state index in [1.807, 2.05) is 0 Å². The van der Waals surface area contributed by atoms with Gasteiger partial charge in [-0.25, -0.2) is 0 Å². The van der Waals surface area contributed by atoms with Crippen molar-refractivity contribution >= 4 is 65.4 Å². The van der Waals surface area contributed by atoms with E-state index in [-0.39, 0.29) is 0 Å². The van der Waals surface area contributed by atoms with Crippen LogP contribution in [0.3, 0.4) is 0 Å². The number of fused-ring (bicyclic) bond motifs is 9. The molecule has 3 heterocycles. The molecule has 0 saturated heterocycles. The molecule has 0 unspecified atom stereocenters. The summed E-state index contributed by atoms with van der Waals surface area (Å²) in [5, 5.41) is 7.45. The Bertz CT molecular complexity index is 3450. The largest absolute Gasteiger partial charge is 0.309 e.